The Hall–Kier alpha value is -2.17. The number of aliphatic hydroxyl groups is 2. The SMILES string of the molecule is CC/C=C\C/C=C\C/C=C\C/C=C\C/C=C\CCCCCCCCCCCCCC(=O)NC(CO)C(O)/C=C/CCCCCCCCCCCCCCCCCCCCCCCC. The minimum Gasteiger partial charge on any atom is -0.394 e. The first-order chi connectivity index (χ1) is 31.2. The van der Waals surface area contributed by atoms with Crippen molar-refractivity contribution in [1.29, 1.82) is 0 Å². The van der Waals surface area contributed by atoms with Gasteiger partial charge in [-0.2, -0.15) is 0 Å². The summed E-state index contributed by atoms with van der Waals surface area (Å²) in [5.74, 6) is -0.0672. The van der Waals surface area contributed by atoms with Gasteiger partial charge in [-0.1, -0.05) is 279 Å². The third-order valence-corrected chi connectivity index (χ3v) is 12.4. The summed E-state index contributed by atoms with van der Waals surface area (Å²) in [4.78, 5) is 12.5. The molecule has 0 aromatic carbocycles. The summed E-state index contributed by atoms with van der Waals surface area (Å²) >= 11 is 0. The van der Waals surface area contributed by atoms with Crippen LogP contribution >= 0.6 is 0 Å². The molecule has 0 bridgehead atoms. The standard InChI is InChI=1S/C59H107NO3/c1-3-5-7-9-11-13-15-17-19-21-23-25-27-29-30-31-33-35-37-39-41-43-45-47-49-51-53-55-59(63)60-57(56-61)58(62)54-52-50-48-46-44-42-40-38-36-34-32-28-26-24-22-20-18-16-14-12-10-8-6-4-2/h5,7,11,13,17,19,23,25,29-30,52,54,57-58,61-62H,3-4,6,8-10,12,14-16,18,20-22,24,26-28,31-51,53,55-56H2,1-2H3,(H,60,63)/b7-5-,13-11-,19-17-,25-23-,30-29-,54-52+. The molecule has 3 N–H and O–H groups in total. The second kappa shape index (κ2) is 54.2. The van der Waals surface area contributed by atoms with E-state index in [2.05, 4.69) is 79.9 Å². The van der Waals surface area contributed by atoms with Gasteiger partial charge >= 0.3 is 0 Å². The van der Waals surface area contributed by atoms with Crippen LogP contribution in [0.25, 0.3) is 0 Å². The van der Waals surface area contributed by atoms with Crippen LogP contribution in [0.3, 0.4) is 0 Å². The fraction of sp³-hybridized carbons (Fsp3) is 0.780. The van der Waals surface area contributed by atoms with Crippen molar-refractivity contribution in [1.82, 2.24) is 5.32 Å². The largest absolute Gasteiger partial charge is 0.394 e. The molecule has 0 saturated heterocycles. The molecular weight excluding hydrogens is 771 g/mol. The molecule has 0 aliphatic rings. The molecule has 2 atom stereocenters. The number of rotatable bonds is 50. The highest BCUT2D eigenvalue weighted by atomic mass is 16.3. The lowest BCUT2D eigenvalue weighted by Crippen LogP contribution is -2.45. The van der Waals surface area contributed by atoms with Crippen LogP contribution in [0.15, 0.2) is 72.9 Å². The molecule has 4 nitrogen and oxygen atoms in total. The van der Waals surface area contributed by atoms with Crippen molar-refractivity contribution < 1.29 is 15.0 Å². The molecule has 366 valence electrons. The second-order valence-electron chi connectivity index (χ2n) is 18.6. The topological polar surface area (TPSA) is 69.6 Å². The number of hydrogen-bond donors (Lipinski definition) is 3. The monoisotopic (exact) mass is 878 g/mol. The van der Waals surface area contributed by atoms with Crippen molar-refractivity contribution >= 4 is 5.91 Å². The molecule has 0 aliphatic heterocycles. The average Bonchev–Trinajstić information content (AvgIpc) is 3.29. The maximum Gasteiger partial charge on any atom is 0.220 e. The highest BCUT2D eigenvalue weighted by molar-refractivity contribution is 5.76. The van der Waals surface area contributed by atoms with Crippen molar-refractivity contribution in [2.75, 3.05) is 6.61 Å². The summed E-state index contributed by atoms with van der Waals surface area (Å²) in [5, 5.41) is 23.2. The molecule has 1 amide bonds. The molecule has 63 heavy (non-hydrogen) atoms. The number of allylic oxidation sites excluding steroid dienone is 11. The summed E-state index contributed by atoms with van der Waals surface area (Å²) in [5.41, 5.74) is 0. The Balaban J connectivity index is 3.53. The first-order valence-electron chi connectivity index (χ1n) is 27.7. The summed E-state index contributed by atoms with van der Waals surface area (Å²) in [7, 11) is 0. The predicted molar refractivity (Wildman–Crippen MR) is 281 cm³/mol. The van der Waals surface area contributed by atoms with Gasteiger partial charge in [0, 0.05) is 6.42 Å². The van der Waals surface area contributed by atoms with E-state index in [-0.39, 0.29) is 12.5 Å². The van der Waals surface area contributed by atoms with E-state index in [9.17, 15) is 15.0 Å². The number of carbonyl (C=O) groups excluding carboxylic acids is 1. The van der Waals surface area contributed by atoms with E-state index in [1.165, 1.54) is 199 Å². The van der Waals surface area contributed by atoms with Gasteiger partial charge in [0.25, 0.3) is 0 Å². The first kappa shape index (κ1) is 60.8. The summed E-state index contributed by atoms with van der Waals surface area (Å²) in [6.45, 7) is 4.21. The normalized spacial score (nSPS) is 13.4. The number of amides is 1. The van der Waals surface area contributed by atoms with Crippen LogP contribution in [-0.4, -0.2) is 34.9 Å². The highest BCUT2D eigenvalue weighted by Gasteiger charge is 2.18. The van der Waals surface area contributed by atoms with Crippen LogP contribution in [0.1, 0.15) is 277 Å². The van der Waals surface area contributed by atoms with E-state index >= 15 is 0 Å². The molecule has 0 spiro atoms. The highest BCUT2D eigenvalue weighted by Crippen LogP contribution is 2.17. The Bertz CT molecular complexity index is 1090. The van der Waals surface area contributed by atoms with Gasteiger partial charge in [0.1, 0.15) is 0 Å². The van der Waals surface area contributed by atoms with Crippen molar-refractivity contribution in [3.63, 3.8) is 0 Å². The predicted octanol–water partition coefficient (Wildman–Crippen LogP) is 18.2. The molecule has 4 heteroatoms. The smallest absolute Gasteiger partial charge is 0.220 e. The third-order valence-electron chi connectivity index (χ3n) is 12.4. The van der Waals surface area contributed by atoms with Gasteiger partial charge in [-0.05, 0) is 64.2 Å². The van der Waals surface area contributed by atoms with Crippen LogP contribution in [0.2, 0.25) is 0 Å². The summed E-state index contributed by atoms with van der Waals surface area (Å²) < 4.78 is 0. The van der Waals surface area contributed by atoms with Crippen LogP contribution in [0.4, 0.5) is 0 Å². The van der Waals surface area contributed by atoms with Gasteiger partial charge in [-0.25, -0.2) is 0 Å². The van der Waals surface area contributed by atoms with E-state index in [4.69, 9.17) is 0 Å². The molecule has 0 fully saturated rings. The van der Waals surface area contributed by atoms with Gasteiger partial charge in [0.2, 0.25) is 5.91 Å². The van der Waals surface area contributed by atoms with E-state index < -0.39 is 12.1 Å². The Morgan fingerprint density at radius 1 is 0.397 bits per heavy atom. The number of unbranched alkanes of at least 4 members (excludes halogenated alkanes) is 33. The molecule has 0 saturated carbocycles. The molecular formula is C59H107NO3. The summed E-state index contributed by atoms with van der Waals surface area (Å²) in [6, 6.07) is -0.628. The van der Waals surface area contributed by atoms with Crippen molar-refractivity contribution in [3.05, 3.63) is 72.9 Å². The van der Waals surface area contributed by atoms with Crippen molar-refractivity contribution in [3.8, 4) is 0 Å². The lowest BCUT2D eigenvalue weighted by molar-refractivity contribution is -0.123. The lowest BCUT2D eigenvalue weighted by atomic mass is 10.0. The van der Waals surface area contributed by atoms with Gasteiger partial charge in [0.05, 0.1) is 18.8 Å². The number of aliphatic hydroxyl groups excluding tert-OH is 2. The van der Waals surface area contributed by atoms with Gasteiger partial charge in [0.15, 0.2) is 0 Å². The van der Waals surface area contributed by atoms with Gasteiger partial charge < -0.3 is 15.5 Å². The number of hydrogen-bond acceptors (Lipinski definition) is 3. The zero-order chi connectivity index (χ0) is 45.6. The fourth-order valence-electron chi connectivity index (χ4n) is 8.27. The second-order valence-corrected chi connectivity index (χ2v) is 18.6. The Kier molecular flexibility index (Phi) is 52.3. The Labute approximate surface area is 393 Å². The summed E-state index contributed by atoms with van der Waals surface area (Å²) in [6.07, 6.45) is 77.7. The molecule has 0 aromatic heterocycles. The third kappa shape index (κ3) is 50.7. The fourth-order valence-corrected chi connectivity index (χ4v) is 8.27. The Morgan fingerprint density at radius 3 is 1.05 bits per heavy atom. The minimum absolute atomic E-state index is 0.0672. The molecule has 2 unspecified atom stereocenters. The van der Waals surface area contributed by atoms with Gasteiger partial charge in [-0.3, -0.25) is 4.79 Å². The lowest BCUT2D eigenvalue weighted by Gasteiger charge is -2.20. The quantitative estimate of drug-likeness (QED) is 0.0421. The average molecular weight is 879 g/mol. The van der Waals surface area contributed by atoms with Gasteiger partial charge in [-0.15, -0.1) is 0 Å². The molecule has 0 radical (unpaired) electrons. The maximum atomic E-state index is 12.5. The number of carbonyl (C=O) groups is 1. The van der Waals surface area contributed by atoms with E-state index in [1.54, 1.807) is 6.08 Å². The van der Waals surface area contributed by atoms with Crippen LogP contribution in [-0.2, 0) is 4.79 Å². The maximum absolute atomic E-state index is 12.5. The minimum atomic E-state index is -0.845. The molecule has 0 heterocycles. The van der Waals surface area contributed by atoms with Crippen molar-refractivity contribution in [2.24, 2.45) is 0 Å². The molecule has 0 aromatic rings. The van der Waals surface area contributed by atoms with Crippen LogP contribution in [0, 0.1) is 0 Å². The van der Waals surface area contributed by atoms with E-state index in [0.717, 1.165) is 57.8 Å². The number of nitrogens with one attached hydrogen (secondary N) is 1. The molecule has 0 rings (SSSR count). The van der Waals surface area contributed by atoms with E-state index in [1.807, 2.05) is 6.08 Å². The van der Waals surface area contributed by atoms with Crippen LogP contribution in [0.5, 0.6) is 0 Å². The van der Waals surface area contributed by atoms with E-state index in [0.29, 0.717) is 6.42 Å². The first-order valence-corrected chi connectivity index (χ1v) is 27.7. The zero-order valence-electron chi connectivity index (χ0n) is 42.1. The molecule has 0 aliphatic carbocycles. The Morgan fingerprint density at radius 2 is 0.698 bits per heavy atom. The van der Waals surface area contributed by atoms with Crippen LogP contribution < -0.4 is 5.32 Å². The zero-order valence-corrected chi connectivity index (χ0v) is 42.1. The van der Waals surface area contributed by atoms with Crippen molar-refractivity contribution in [2.45, 2.75) is 289 Å².